The fourth-order valence-electron chi connectivity index (χ4n) is 0.874. The Kier molecular flexibility index (Phi) is 6.62. The number of pyridine rings is 1. The maximum Gasteiger partial charge on any atom is 0.292 e. The highest BCUT2D eigenvalue weighted by atomic mass is 16.5. The molecule has 0 saturated carbocycles. The summed E-state index contributed by atoms with van der Waals surface area (Å²) in [5, 5.41) is 9.15. The number of ether oxygens (including phenoxy) is 2. The van der Waals surface area contributed by atoms with Gasteiger partial charge in [0.1, 0.15) is 0 Å². The summed E-state index contributed by atoms with van der Waals surface area (Å²) < 4.78 is 8.77. The first-order valence-corrected chi connectivity index (χ1v) is 4.50. The van der Waals surface area contributed by atoms with Crippen LogP contribution in [0.4, 0.5) is 5.69 Å². The second kappa shape index (κ2) is 7.47. The molecule has 0 bridgehead atoms. The van der Waals surface area contributed by atoms with E-state index in [2.05, 4.69) is 9.72 Å². The summed E-state index contributed by atoms with van der Waals surface area (Å²) >= 11 is 0. The van der Waals surface area contributed by atoms with Crippen molar-refractivity contribution in [3.8, 4) is 5.75 Å². The third-order valence-corrected chi connectivity index (χ3v) is 1.66. The average molecular weight is 228 g/mol. The topological polar surface area (TPSA) is 94.7 Å². The number of anilines is 1. The number of hydrogen-bond acceptors (Lipinski definition) is 6. The van der Waals surface area contributed by atoms with Crippen LogP contribution >= 0.6 is 0 Å². The van der Waals surface area contributed by atoms with E-state index in [1.807, 2.05) is 0 Å². The summed E-state index contributed by atoms with van der Waals surface area (Å²) in [5.74, 6) is 0.527. The number of nitrogens with zero attached hydrogens (tertiary/aromatic N) is 1. The van der Waals surface area contributed by atoms with Gasteiger partial charge in [0.2, 0.25) is 0 Å². The van der Waals surface area contributed by atoms with Gasteiger partial charge < -0.3 is 20.3 Å². The Morgan fingerprint density at radius 3 is 2.44 bits per heavy atom. The Morgan fingerprint density at radius 1 is 1.56 bits per heavy atom. The zero-order chi connectivity index (χ0) is 12.6. The van der Waals surface area contributed by atoms with Gasteiger partial charge in [0.15, 0.2) is 5.75 Å². The molecule has 0 aromatic carbocycles. The van der Waals surface area contributed by atoms with Crippen LogP contribution in [-0.4, -0.2) is 30.8 Å². The molecule has 1 aromatic heterocycles. The normalized spacial score (nSPS) is 10.8. The molecule has 0 aliphatic heterocycles. The molecule has 0 spiro atoms. The number of aliphatic hydroxyl groups is 1. The predicted octanol–water partition coefficient (Wildman–Crippen LogP) is 0.515. The van der Waals surface area contributed by atoms with Crippen molar-refractivity contribution in [3.63, 3.8) is 0 Å². The van der Waals surface area contributed by atoms with Crippen LogP contribution in [0.5, 0.6) is 5.75 Å². The lowest BCUT2D eigenvalue weighted by Crippen LogP contribution is -1.99. The van der Waals surface area contributed by atoms with Gasteiger partial charge in [0.05, 0.1) is 37.9 Å². The van der Waals surface area contributed by atoms with Crippen molar-refractivity contribution in [2.24, 2.45) is 0 Å². The Labute approximate surface area is 94.0 Å². The smallest absolute Gasteiger partial charge is 0.292 e. The molecule has 90 valence electrons. The van der Waals surface area contributed by atoms with Crippen LogP contribution in [0.15, 0.2) is 12.3 Å². The third-order valence-electron chi connectivity index (χ3n) is 1.66. The molecule has 0 radical (unpaired) electrons. The maximum atomic E-state index is 9.15. The van der Waals surface area contributed by atoms with E-state index >= 15 is 0 Å². The van der Waals surface area contributed by atoms with Gasteiger partial charge in [-0.15, -0.1) is 0 Å². The second-order valence-electron chi connectivity index (χ2n) is 2.86. The number of carbonyl (C=O) groups excluding carboxylic acids is 1. The Bertz CT molecular complexity index is 329. The molecule has 1 rings (SSSR count). The standard InChI is InChI=1S/C8H12N2O2.C2H4O2/c1-5(11)7-3-6(9)8(12-2)4-10-7;1-4-2-3/h3-5,11H,1-2H3,(H2,9,10);2H,1H3. The summed E-state index contributed by atoms with van der Waals surface area (Å²) in [5.41, 5.74) is 6.63. The van der Waals surface area contributed by atoms with Gasteiger partial charge in [-0.2, -0.15) is 0 Å². The van der Waals surface area contributed by atoms with Crippen LogP contribution in [0.3, 0.4) is 0 Å². The van der Waals surface area contributed by atoms with Crippen LogP contribution in [-0.2, 0) is 9.53 Å². The molecule has 1 atom stereocenters. The SMILES string of the molecule is COC=O.COc1cnc(C(C)O)cc1N. The molecule has 6 nitrogen and oxygen atoms in total. The van der Waals surface area contributed by atoms with Crippen LogP contribution < -0.4 is 10.5 Å². The van der Waals surface area contributed by atoms with E-state index in [0.29, 0.717) is 23.6 Å². The van der Waals surface area contributed by atoms with Crippen LogP contribution in [0, 0.1) is 0 Å². The number of methoxy groups -OCH3 is 2. The van der Waals surface area contributed by atoms with E-state index in [-0.39, 0.29) is 0 Å². The Morgan fingerprint density at radius 2 is 2.12 bits per heavy atom. The highest BCUT2D eigenvalue weighted by molar-refractivity contribution is 5.51. The number of aromatic nitrogens is 1. The highest BCUT2D eigenvalue weighted by Crippen LogP contribution is 2.22. The molecule has 0 amide bonds. The Balaban J connectivity index is 0.000000487. The van der Waals surface area contributed by atoms with Crippen molar-refractivity contribution in [3.05, 3.63) is 18.0 Å². The Hall–Kier alpha value is -1.82. The number of aliphatic hydroxyl groups excluding tert-OH is 1. The molecule has 0 aliphatic carbocycles. The monoisotopic (exact) mass is 228 g/mol. The molecule has 16 heavy (non-hydrogen) atoms. The van der Waals surface area contributed by atoms with E-state index in [4.69, 9.17) is 20.4 Å². The van der Waals surface area contributed by atoms with Gasteiger partial charge in [0, 0.05) is 0 Å². The molecule has 6 heteroatoms. The number of nitrogens with two attached hydrogens (primary N) is 1. The van der Waals surface area contributed by atoms with E-state index < -0.39 is 6.10 Å². The van der Waals surface area contributed by atoms with Crippen molar-refractivity contribution < 1.29 is 19.4 Å². The zero-order valence-electron chi connectivity index (χ0n) is 9.51. The van der Waals surface area contributed by atoms with Gasteiger partial charge in [-0.1, -0.05) is 0 Å². The summed E-state index contributed by atoms with van der Waals surface area (Å²) in [7, 11) is 2.84. The predicted molar refractivity (Wildman–Crippen MR) is 58.9 cm³/mol. The van der Waals surface area contributed by atoms with Gasteiger partial charge in [-0.25, -0.2) is 0 Å². The molecule has 0 aliphatic rings. The molecule has 1 heterocycles. The first kappa shape index (κ1) is 14.2. The van der Waals surface area contributed by atoms with Crippen molar-refractivity contribution in [2.45, 2.75) is 13.0 Å². The summed E-state index contributed by atoms with van der Waals surface area (Å²) in [6, 6.07) is 1.60. The highest BCUT2D eigenvalue weighted by Gasteiger charge is 2.05. The second-order valence-corrected chi connectivity index (χ2v) is 2.86. The molecule has 0 saturated heterocycles. The first-order valence-electron chi connectivity index (χ1n) is 4.50. The van der Waals surface area contributed by atoms with Crippen LogP contribution in [0.1, 0.15) is 18.7 Å². The lowest BCUT2D eigenvalue weighted by molar-refractivity contribution is -0.126. The van der Waals surface area contributed by atoms with Gasteiger partial charge in [0.25, 0.3) is 6.47 Å². The third kappa shape index (κ3) is 4.61. The summed E-state index contributed by atoms with van der Waals surface area (Å²) in [4.78, 5) is 12.9. The summed E-state index contributed by atoms with van der Waals surface area (Å²) in [6.45, 7) is 2.01. The van der Waals surface area contributed by atoms with E-state index in [9.17, 15) is 0 Å². The molecular weight excluding hydrogens is 212 g/mol. The first-order chi connectivity index (χ1) is 7.56. The minimum absolute atomic E-state index is 0.375. The van der Waals surface area contributed by atoms with E-state index in [1.165, 1.54) is 20.4 Å². The average Bonchev–Trinajstić information content (AvgIpc) is 2.29. The molecule has 1 aromatic rings. The van der Waals surface area contributed by atoms with E-state index in [1.54, 1.807) is 13.0 Å². The lowest BCUT2D eigenvalue weighted by Gasteiger charge is -2.07. The van der Waals surface area contributed by atoms with Crippen molar-refractivity contribution in [1.82, 2.24) is 4.98 Å². The van der Waals surface area contributed by atoms with Crippen LogP contribution in [0.25, 0.3) is 0 Å². The molecular formula is C10H16N2O4. The fraction of sp³-hybridized carbons (Fsp3) is 0.400. The minimum atomic E-state index is -0.599. The number of nitrogen functional groups attached to an aromatic ring is 1. The van der Waals surface area contributed by atoms with Crippen LogP contribution in [0.2, 0.25) is 0 Å². The van der Waals surface area contributed by atoms with Gasteiger partial charge >= 0.3 is 0 Å². The molecule has 1 unspecified atom stereocenters. The van der Waals surface area contributed by atoms with E-state index in [0.717, 1.165) is 0 Å². The lowest BCUT2D eigenvalue weighted by atomic mass is 10.2. The minimum Gasteiger partial charge on any atom is -0.493 e. The molecule has 3 N–H and O–H groups in total. The van der Waals surface area contributed by atoms with Gasteiger partial charge in [-0.05, 0) is 13.0 Å². The van der Waals surface area contributed by atoms with Gasteiger partial charge in [-0.3, -0.25) is 9.78 Å². The van der Waals surface area contributed by atoms with Crippen molar-refractivity contribution >= 4 is 12.2 Å². The number of hydrogen-bond donors (Lipinski definition) is 2. The number of carbonyl (C=O) groups is 1. The quantitative estimate of drug-likeness (QED) is 0.732. The molecule has 0 fully saturated rings. The van der Waals surface area contributed by atoms with Crippen molar-refractivity contribution in [2.75, 3.05) is 20.0 Å². The number of rotatable bonds is 3. The van der Waals surface area contributed by atoms with Crippen molar-refractivity contribution in [1.29, 1.82) is 0 Å². The fourth-order valence-corrected chi connectivity index (χ4v) is 0.874. The summed E-state index contributed by atoms with van der Waals surface area (Å²) in [6.07, 6.45) is 0.899. The largest absolute Gasteiger partial charge is 0.493 e. The maximum absolute atomic E-state index is 9.15. The zero-order valence-corrected chi connectivity index (χ0v) is 9.51.